The van der Waals surface area contributed by atoms with Crippen LogP contribution in [0, 0.1) is 17.3 Å². The van der Waals surface area contributed by atoms with Crippen LogP contribution in [0.2, 0.25) is 0 Å². The predicted octanol–water partition coefficient (Wildman–Crippen LogP) is 3.18. The largest absolute Gasteiger partial charge is 0.341 e. The maximum atomic E-state index is 12.7. The quantitative estimate of drug-likeness (QED) is 0.844. The molecule has 1 saturated heterocycles. The fourth-order valence-corrected chi connectivity index (χ4v) is 4.05. The Hall–Kier alpha value is -0.570. The van der Waals surface area contributed by atoms with Crippen LogP contribution in [0.25, 0.3) is 0 Å². The highest BCUT2D eigenvalue weighted by molar-refractivity contribution is 5.79. The molecule has 116 valence electrons. The van der Waals surface area contributed by atoms with Gasteiger partial charge in [-0.2, -0.15) is 0 Å². The maximum Gasteiger partial charge on any atom is 0.225 e. The summed E-state index contributed by atoms with van der Waals surface area (Å²) < 4.78 is 0. The number of likely N-dealkylation sites (tertiary alicyclic amines) is 1. The maximum absolute atomic E-state index is 12.7. The summed E-state index contributed by atoms with van der Waals surface area (Å²) >= 11 is 0. The average molecular weight is 280 g/mol. The van der Waals surface area contributed by atoms with Crippen LogP contribution in [0.15, 0.2) is 0 Å². The van der Waals surface area contributed by atoms with E-state index in [0.717, 1.165) is 38.8 Å². The van der Waals surface area contributed by atoms with Gasteiger partial charge in [-0.25, -0.2) is 0 Å². The molecule has 20 heavy (non-hydrogen) atoms. The first kappa shape index (κ1) is 15.8. The summed E-state index contributed by atoms with van der Waals surface area (Å²) in [6, 6.07) is 0.170. The molecule has 2 fully saturated rings. The van der Waals surface area contributed by atoms with Crippen LogP contribution in [0.1, 0.15) is 65.7 Å². The molecule has 1 saturated carbocycles. The van der Waals surface area contributed by atoms with Gasteiger partial charge < -0.3 is 10.6 Å². The highest BCUT2D eigenvalue weighted by Crippen LogP contribution is 2.32. The third-order valence-electron chi connectivity index (χ3n) is 4.74. The first-order valence-corrected chi connectivity index (χ1v) is 8.39. The van der Waals surface area contributed by atoms with E-state index in [2.05, 4.69) is 25.7 Å². The molecule has 2 rings (SSSR count). The van der Waals surface area contributed by atoms with E-state index in [1.54, 1.807) is 0 Å². The molecule has 0 aromatic rings. The lowest BCUT2D eigenvalue weighted by Gasteiger charge is -2.40. The average Bonchev–Trinajstić information content (AvgIpc) is 2.36. The molecule has 0 bridgehead atoms. The van der Waals surface area contributed by atoms with Crippen molar-refractivity contribution in [2.75, 3.05) is 13.1 Å². The van der Waals surface area contributed by atoms with Crippen LogP contribution in [-0.4, -0.2) is 29.9 Å². The van der Waals surface area contributed by atoms with Gasteiger partial charge in [0.15, 0.2) is 0 Å². The Balaban J connectivity index is 1.94. The van der Waals surface area contributed by atoms with Gasteiger partial charge in [-0.1, -0.05) is 40.0 Å². The third-order valence-corrected chi connectivity index (χ3v) is 4.74. The number of rotatable bonds is 2. The molecule has 0 radical (unpaired) electrons. The summed E-state index contributed by atoms with van der Waals surface area (Å²) in [6.07, 6.45) is 8.17. The van der Waals surface area contributed by atoms with Crippen LogP contribution >= 0.6 is 0 Å². The van der Waals surface area contributed by atoms with Crippen LogP contribution in [0.3, 0.4) is 0 Å². The zero-order valence-electron chi connectivity index (χ0n) is 13.5. The summed E-state index contributed by atoms with van der Waals surface area (Å²) in [6.45, 7) is 8.54. The Morgan fingerprint density at radius 3 is 2.40 bits per heavy atom. The Labute approximate surface area is 124 Å². The summed E-state index contributed by atoms with van der Waals surface area (Å²) in [5, 5.41) is 0. The molecule has 2 atom stereocenters. The third kappa shape index (κ3) is 4.47. The van der Waals surface area contributed by atoms with Crippen LogP contribution in [-0.2, 0) is 4.79 Å². The fourth-order valence-electron chi connectivity index (χ4n) is 4.05. The van der Waals surface area contributed by atoms with Gasteiger partial charge in [-0.05, 0) is 37.0 Å². The number of hydrogen-bond acceptors (Lipinski definition) is 2. The summed E-state index contributed by atoms with van der Waals surface area (Å²) in [4.78, 5) is 14.8. The van der Waals surface area contributed by atoms with Gasteiger partial charge in [0.05, 0.1) is 0 Å². The van der Waals surface area contributed by atoms with E-state index < -0.39 is 0 Å². The Morgan fingerprint density at radius 1 is 1.15 bits per heavy atom. The van der Waals surface area contributed by atoms with E-state index in [4.69, 9.17) is 5.73 Å². The van der Waals surface area contributed by atoms with Crippen molar-refractivity contribution in [3.63, 3.8) is 0 Å². The first-order valence-electron chi connectivity index (χ1n) is 8.39. The normalized spacial score (nSPS) is 29.5. The number of nitrogens with zero attached hydrogens (tertiary/aromatic N) is 1. The topological polar surface area (TPSA) is 46.3 Å². The highest BCUT2D eigenvalue weighted by Gasteiger charge is 2.33. The van der Waals surface area contributed by atoms with Gasteiger partial charge in [0.2, 0.25) is 5.91 Å². The number of carbonyl (C=O) groups is 1. The fraction of sp³-hybridized carbons (Fsp3) is 0.941. The van der Waals surface area contributed by atoms with Crippen molar-refractivity contribution in [2.24, 2.45) is 23.0 Å². The summed E-state index contributed by atoms with van der Waals surface area (Å²) in [5.41, 5.74) is 6.53. The lowest BCUT2D eigenvalue weighted by molar-refractivity contribution is -0.139. The minimum Gasteiger partial charge on any atom is -0.341 e. The molecule has 1 amide bonds. The molecule has 3 nitrogen and oxygen atoms in total. The second-order valence-electron chi connectivity index (χ2n) is 8.20. The van der Waals surface area contributed by atoms with Gasteiger partial charge in [0.25, 0.3) is 0 Å². The molecule has 2 unspecified atom stereocenters. The Morgan fingerprint density at radius 2 is 1.80 bits per heavy atom. The lowest BCUT2D eigenvalue weighted by Crippen LogP contribution is -2.51. The SMILES string of the molecule is CC(C)(C)CC1CC(N)CN(C(=O)C2CCCCC2)C1. The smallest absolute Gasteiger partial charge is 0.225 e. The van der Waals surface area contributed by atoms with Gasteiger partial charge in [-0.3, -0.25) is 4.79 Å². The number of hydrogen-bond donors (Lipinski definition) is 1. The molecule has 3 heteroatoms. The second-order valence-corrected chi connectivity index (χ2v) is 8.20. The van der Waals surface area contributed by atoms with Gasteiger partial charge in [-0.15, -0.1) is 0 Å². The molecule has 1 aliphatic heterocycles. The standard InChI is InChI=1S/C17H32N2O/c1-17(2,3)10-13-9-15(18)12-19(11-13)16(20)14-7-5-4-6-8-14/h13-15H,4-12,18H2,1-3H3. The van der Waals surface area contributed by atoms with E-state index in [0.29, 0.717) is 17.2 Å². The van der Waals surface area contributed by atoms with E-state index in [9.17, 15) is 4.79 Å². The van der Waals surface area contributed by atoms with Crippen LogP contribution < -0.4 is 5.73 Å². The van der Waals surface area contributed by atoms with Crippen molar-refractivity contribution in [3.05, 3.63) is 0 Å². The van der Waals surface area contributed by atoms with E-state index in [1.807, 2.05) is 0 Å². The molecule has 0 spiro atoms. The van der Waals surface area contributed by atoms with Gasteiger partial charge >= 0.3 is 0 Å². The molecular formula is C17H32N2O. The van der Waals surface area contributed by atoms with E-state index in [1.165, 1.54) is 19.3 Å². The Bertz CT molecular complexity index is 328. The number of carbonyl (C=O) groups excluding carboxylic acids is 1. The highest BCUT2D eigenvalue weighted by atomic mass is 16.2. The zero-order chi connectivity index (χ0) is 14.8. The monoisotopic (exact) mass is 280 g/mol. The van der Waals surface area contributed by atoms with Gasteiger partial charge in [0, 0.05) is 25.0 Å². The minimum absolute atomic E-state index is 0.170. The van der Waals surface area contributed by atoms with Crippen molar-refractivity contribution >= 4 is 5.91 Å². The van der Waals surface area contributed by atoms with Crippen molar-refractivity contribution in [2.45, 2.75) is 71.8 Å². The second kappa shape index (κ2) is 6.46. The molecular weight excluding hydrogens is 248 g/mol. The molecule has 1 aliphatic carbocycles. The predicted molar refractivity (Wildman–Crippen MR) is 83.3 cm³/mol. The molecule has 0 aromatic heterocycles. The van der Waals surface area contributed by atoms with E-state index >= 15 is 0 Å². The molecule has 2 aliphatic rings. The van der Waals surface area contributed by atoms with Crippen molar-refractivity contribution < 1.29 is 4.79 Å². The number of piperidine rings is 1. The summed E-state index contributed by atoms with van der Waals surface area (Å²) in [7, 11) is 0. The molecule has 2 N–H and O–H groups in total. The van der Waals surface area contributed by atoms with Crippen molar-refractivity contribution in [1.29, 1.82) is 0 Å². The number of nitrogens with two attached hydrogens (primary N) is 1. The van der Waals surface area contributed by atoms with Crippen LogP contribution in [0.4, 0.5) is 0 Å². The lowest BCUT2D eigenvalue weighted by atomic mass is 9.79. The summed E-state index contributed by atoms with van der Waals surface area (Å²) in [5.74, 6) is 1.24. The van der Waals surface area contributed by atoms with Gasteiger partial charge in [0.1, 0.15) is 0 Å². The minimum atomic E-state index is 0.170. The van der Waals surface area contributed by atoms with Crippen molar-refractivity contribution in [3.8, 4) is 0 Å². The van der Waals surface area contributed by atoms with E-state index in [-0.39, 0.29) is 12.0 Å². The molecule has 0 aromatic carbocycles. The first-order chi connectivity index (χ1) is 9.35. The van der Waals surface area contributed by atoms with Crippen LogP contribution in [0.5, 0.6) is 0 Å². The van der Waals surface area contributed by atoms with Crippen molar-refractivity contribution in [1.82, 2.24) is 4.90 Å². The number of amides is 1. The Kier molecular flexibility index (Phi) is 5.11. The molecule has 1 heterocycles. The zero-order valence-corrected chi connectivity index (χ0v) is 13.5.